The average Bonchev–Trinajstić information content (AvgIpc) is 2.59. The standard InChI is InChI=1S/C15H21NO10/c1-6(18)16-10-11(22)7(3-4-9(20)21)13(15(24)25-2)26-14(10)12(23)8(19)5-17/h3-4,8,10-12,14,17,19,22-23H,5H2,1-2H3,(H,16,18)(H,20,21)/b4-3+/t8-,10-,11+,12-,14-/m1/s1. The van der Waals surface area contributed by atoms with Gasteiger partial charge in [-0.2, -0.15) is 0 Å². The molecule has 6 N–H and O–H groups in total. The van der Waals surface area contributed by atoms with E-state index in [1.54, 1.807) is 0 Å². The Kier molecular flexibility index (Phi) is 7.71. The lowest BCUT2D eigenvalue weighted by Gasteiger charge is -2.40. The van der Waals surface area contributed by atoms with Crippen LogP contribution in [0.1, 0.15) is 6.92 Å². The van der Waals surface area contributed by atoms with E-state index >= 15 is 0 Å². The van der Waals surface area contributed by atoms with Crippen LogP contribution in [-0.2, 0) is 23.9 Å². The Balaban J connectivity index is 3.44. The summed E-state index contributed by atoms with van der Waals surface area (Å²) in [6.45, 7) is 0.262. The molecule has 26 heavy (non-hydrogen) atoms. The Labute approximate surface area is 148 Å². The Morgan fingerprint density at radius 3 is 2.42 bits per heavy atom. The van der Waals surface area contributed by atoms with Crippen molar-refractivity contribution in [3.8, 4) is 0 Å². The Morgan fingerprint density at radius 1 is 1.35 bits per heavy atom. The zero-order chi connectivity index (χ0) is 20.0. The molecule has 0 bridgehead atoms. The number of carbonyl (C=O) groups excluding carboxylic acids is 2. The third kappa shape index (κ3) is 5.02. The predicted molar refractivity (Wildman–Crippen MR) is 83.4 cm³/mol. The normalized spacial score (nSPS) is 25.4. The second kappa shape index (κ2) is 9.29. The van der Waals surface area contributed by atoms with E-state index in [0.29, 0.717) is 6.08 Å². The summed E-state index contributed by atoms with van der Waals surface area (Å²) >= 11 is 0. The van der Waals surface area contributed by atoms with Gasteiger partial charge < -0.3 is 40.3 Å². The van der Waals surface area contributed by atoms with Crippen LogP contribution in [0.4, 0.5) is 0 Å². The molecule has 1 aliphatic heterocycles. The minimum atomic E-state index is -1.80. The van der Waals surface area contributed by atoms with Crippen molar-refractivity contribution in [3.05, 3.63) is 23.5 Å². The van der Waals surface area contributed by atoms with Gasteiger partial charge in [0.2, 0.25) is 11.7 Å². The van der Waals surface area contributed by atoms with Gasteiger partial charge in [0.25, 0.3) is 0 Å². The predicted octanol–water partition coefficient (Wildman–Crippen LogP) is -2.97. The molecule has 0 saturated heterocycles. The van der Waals surface area contributed by atoms with Crippen LogP contribution in [0.3, 0.4) is 0 Å². The Hall–Kier alpha value is -2.47. The molecule has 1 aliphatic rings. The fourth-order valence-electron chi connectivity index (χ4n) is 2.38. The molecule has 0 aromatic rings. The largest absolute Gasteiger partial charge is 0.478 e. The van der Waals surface area contributed by atoms with Gasteiger partial charge in [0.05, 0.1) is 19.8 Å². The van der Waals surface area contributed by atoms with Crippen LogP contribution in [0.25, 0.3) is 0 Å². The number of carboxylic acids is 1. The molecule has 0 aromatic carbocycles. The first-order valence-corrected chi connectivity index (χ1v) is 7.46. The lowest BCUT2D eigenvalue weighted by molar-refractivity contribution is -0.153. The summed E-state index contributed by atoms with van der Waals surface area (Å²) in [5, 5.41) is 50.3. The Morgan fingerprint density at radius 2 is 1.96 bits per heavy atom. The monoisotopic (exact) mass is 375 g/mol. The van der Waals surface area contributed by atoms with Gasteiger partial charge in [-0.3, -0.25) is 4.79 Å². The molecule has 0 unspecified atom stereocenters. The second-order valence-electron chi connectivity index (χ2n) is 5.44. The van der Waals surface area contributed by atoms with Crippen molar-refractivity contribution in [2.75, 3.05) is 13.7 Å². The summed E-state index contributed by atoms with van der Waals surface area (Å²) in [5.74, 6) is -3.68. The van der Waals surface area contributed by atoms with Gasteiger partial charge in [0.15, 0.2) is 6.10 Å². The third-order valence-corrected chi connectivity index (χ3v) is 3.59. The smallest absolute Gasteiger partial charge is 0.373 e. The van der Waals surface area contributed by atoms with Gasteiger partial charge >= 0.3 is 11.9 Å². The topological polar surface area (TPSA) is 183 Å². The average molecular weight is 375 g/mol. The maximum Gasteiger partial charge on any atom is 0.373 e. The molecule has 1 amide bonds. The van der Waals surface area contributed by atoms with Gasteiger partial charge in [-0.1, -0.05) is 0 Å². The van der Waals surface area contributed by atoms with E-state index in [0.717, 1.165) is 20.1 Å². The zero-order valence-corrected chi connectivity index (χ0v) is 14.0. The number of methoxy groups -OCH3 is 1. The first kappa shape index (κ1) is 21.6. The maximum atomic E-state index is 11.9. The lowest BCUT2D eigenvalue weighted by atomic mass is 9.88. The highest BCUT2D eigenvalue weighted by molar-refractivity contribution is 5.89. The van der Waals surface area contributed by atoms with Gasteiger partial charge in [0, 0.05) is 18.6 Å². The molecule has 5 atom stereocenters. The number of hydrogen-bond donors (Lipinski definition) is 6. The highest BCUT2D eigenvalue weighted by Crippen LogP contribution is 2.29. The van der Waals surface area contributed by atoms with Crippen LogP contribution < -0.4 is 5.32 Å². The van der Waals surface area contributed by atoms with Crippen molar-refractivity contribution < 1.29 is 49.4 Å². The quantitative estimate of drug-likeness (QED) is 0.198. The summed E-state index contributed by atoms with van der Waals surface area (Å²) in [4.78, 5) is 34.1. The van der Waals surface area contributed by atoms with Gasteiger partial charge in [0.1, 0.15) is 18.3 Å². The molecular weight excluding hydrogens is 354 g/mol. The number of esters is 1. The zero-order valence-electron chi connectivity index (χ0n) is 14.0. The molecule has 1 heterocycles. The van der Waals surface area contributed by atoms with E-state index < -0.39 is 60.7 Å². The van der Waals surface area contributed by atoms with Crippen LogP contribution in [-0.4, -0.2) is 87.6 Å². The molecular formula is C15H21NO10. The van der Waals surface area contributed by atoms with E-state index in [1.807, 2.05) is 0 Å². The Bertz CT molecular complexity index is 614. The van der Waals surface area contributed by atoms with E-state index in [-0.39, 0.29) is 5.57 Å². The number of aliphatic carboxylic acids is 1. The van der Waals surface area contributed by atoms with Crippen molar-refractivity contribution in [1.82, 2.24) is 5.32 Å². The molecule has 0 saturated carbocycles. The number of carbonyl (C=O) groups is 3. The number of amides is 1. The van der Waals surface area contributed by atoms with E-state index in [4.69, 9.17) is 14.9 Å². The molecule has 0 aliphatic carbocycles. The van der Waals surface area contributed by atoms with Crippen molar-refractivity contribution in [1.29, 1.82) is 0 Å². The van der Waals surface area contributed by atoms with E-state index in [2.05, 4.69) is 10.1 Å². The summed E-state index contributed by atoms with van der Waals surface area (Å²) in [5.41, 5.74) is -0.306. The minimum absolute atomic E-state index is 0.306. The summed E-state index contributed by atoms with van der Waals surface area (Å²) in [6, 6.07) is -1.36. The molecule has 11 nitrogen and oxygen atoms in total. The number of nitrogens with one attached hydrogen (secondary N) is 1. The molecule has 0 aromatic heterocycles. The van der Waals surface area contributed by atoms with Crippen LogP contribution in [0, 0.1) is 0 Å². The SMILES string of the molecule is COC(=O)C1=C(/C=C/C(=O)O)[C@H](O)[C@@H](NC(C)=O)[C@H]([C@H](O)[C@H](O)CO)O1. The van der Waals surface area contributed by atoms with Crippen molar-refractivity contribution in [2.45, 2.75) is 37.4 Å². The van der Waals surface area contributed by atoms with Gasteiger partial charge in [-0.05, 0) is 6.08 Å². The second-order valence-corrected chi connectivity index (χ2v) is 5.44. The fourth-order valence-corrected chi connectivity index (χ4v) is 2.38. The van der Waals surface area contributed by atoms with Crippen molar-refractivity contribution >= 4 is 17.8 Å². The number of carboxylic acid groups (broad SMARTS) is 1. The van der Waals surface area contributed by atoms with E-state index in [9.17, 15) is 29.7 Å². The number of rotatable bonds is 7. The summed E-state index contributed by atoms with van der Waals surface area (Å²) < 4.78 is 9.83. The number of hydrogen-bond acceptors (Lipinski definition) is 9. The molecule has 0 radical (unpaired) electrons. The molecule has 146 valence electrons. The van der Waals surface area contributed by atoms with Crippen LogP contribution >= 0.6 is 0 Å². The first-order valence-electron chi connectivity index (χ1n) is 7.46. The number of aliphatic hydroxyl groups is 4. The molecule has 0 fully saturated rings. The lowest BCUT2D eigenvalue weighted by Crippen LogP contribution is -2.61. The minimum Gasteiger partial charge on any atom is -0.478 e. The van der Waals surface area contributed by atoms with Crippen LogP contribution in [0.15, 0.2) is 23.5 Å². The van der Waals surface area contributed by atoms with Crippen molar-refractivity contribution in [2.24, 2.45) is 0 Å². The van der Waals surface area contributed by atoms with Gasteiger partial charge in [-0.15, -0.1) is 0 Å². The molecule has 11 heteroatoms. The third-order valence-electron chi connectivity index (χ3n) is 3.59. The highest BCUT2D eigenvalue weighted by Gasteiger charge is 2.46. The fraction of sp³-hybridized carbons (Fsp3) is 0.533. The molecule has 0 spiro atoms. The van der Waals surface area contributed by atoms with Crippen LogP contribution in [0.2, 0.25) is 0 Å². The van der Waals surface area contributed by atoms with Crippen molar-refractivity contribution in [3.63, 3.8) is 0 Å². The summed E-state index contributed by atoms with van der Waals surface area (Å²) in [6.07, 6.45) is -5.18. The maximum absolute atomic E-state index is 11.9. The first-order chi connectivity index (χ1) is 12.1. The van der Waals surface area contributed by atoms with E-state index in [1.165, 1.54) is 0 Å². The summed E-state index contributed by atoms with van der Waals surface area (Å²) in [7, 11) is 1.01. The van der Waals surface area contributed by atoms with Gasteiger partial charge in [-0.25, -0.2) is 9.59 Å². The molecule has 1 rings (SSSR count). The highest BCUT2D eigenvalue weighted by atomic mass is 16.6. The number of ether oxygens (including phenoxy) is 2. The number of aliphatic hydroxyl groups excluding tert-OH is 4. The van der Waals surface area contributed by atoms with Crippen LogP contribution in [0.5, 0.6) is 0 Å².